The number of halogens is 6. The molecule has 4 nitrogen and oxygen atoms in total. The Bertz CT molecular complexity index is 424. The van der Waals surface area contributed by atoms with Crippen molar-refractivity contribution in [1.82, 2.24) is 4.98 Å². The number of carboxylic acids is 1. The van der Waals surface area contributed by atoms with Gasteiger partial charge in [-0.1, -0.05) is 0 Å². The SMILES string of the molecule is O=C(O)C(F)(F)F.O=Cc1csc(C(F)(F)F)n1. The van der Waals surface area contributed by atoms with Crippen molar-refractivity contribution in [3.63, 3.8) is 0 Å². The van der Waals surface area contributed by atoms with Crippen molar-refractivity contribution >= 4 is 23.6 Å². The zero-order valence-corrected chi connectivity index (χ0v) is 8.86. The van der Waals surface area contributed by atoms with Gasteiger partial charge in [0.2, 0.25) is 0 Å². The van der Waals surface area contributed by atoms with Crippen LogP contribution in [0, 0.1) is 0 Å². The number of hydrogen-bond donors (Lipinski definition) is 1. The van der Waals surface area contributed by atoms with Crippen LogP contribution >= 0.6 is 11.3 Å². The molecule has 0 radical (unpaired) electrons. The molecule has 0 unspecified atom stereocenters. The maximum atomic E-state index is 11.8. The van der Waals surface area contributed by atoms with E-state index in [0.717, 1.165) is 5.38 Å². The monoisotopic (exact) mass is 295 g/mol. The fourth-order valence-electron chi connectivity index (χ4n) is 0.470. The van der Waals surface area contributed by atoms with E-state index in [2.05, 4.69) is 4.98 Å². The van der Waals surface area contributed by atoms with Gasteiger partial charge in [0.05, 0.1) is 0 Å². The van der Waals surface area contributed by atoms with Gasteiger partial charge in [-0.2, -0.15) is 26.3 Å². The summed E-state index contributed by atoms with van der Waals surface area (Å²) in [6.45, 7) is 0. The second-order valence-corrected chi connectivity index (χ2v) is 3.35. The van der Waals surface area contributed by atoms with Crippen LogP contribution in [-0.2, 0) is 11.0 Å². The minimum absolute atomic E-state index is 0.178. The number of rotatable bonds is 1. The highest BCUT2D eigenvalue weighted by molar-refractivity contribution is 7.09. The molecule has 0 aromatic carbocycles. The van der Waals surface area contributed by atoms with Crippen LogP contribution in [0.4, 0.5) is 26.3 Å². The minimum atomic E-state index is -5.08. The van der Waals surface area contributed by atoms with E-state index in [4.69, 9.17) is 9.90 Å². The maximum absolute atomic E-state index is 11.8. The Labute approximate surface area is 98.9 Å². The molecular weight excluding hydrogens is 292 g/mol. The van der Waals surface area contributed by atoms with Crippen LogP contribution < -0.4 is 0 Å². The molecule has 0 aliphatic rings. The summed E-state index contributed by atoms with van der Waals surface area (Å²) in [4.78, 5) is 21.8. The average molecular weight is 295 g/mol. The van der Waals surface area contributed by atoms with Gasteiger partial charge in [-0.05, 0) is 0 Å². The van der Waals surface area contributed by atoms with Crippen molar-refractivity contribution in [2.75, 3.05) is 0 Å². The van der Waals surface area contributed by atoms with Crippen molar-refractivity contribution < 1.29 is 41.0 Å². The standard InChI is InChI=1S/C5H2F3NOS.C2HF3O2/c6-5(7,8)4-9-3(1-10)2-11-4;3-2(4,5)1(6)7/h1-2H;(H,6,7). The van der Waals surface area contributed by atoms with Gasteiger partial charge in [0.15, 0.2) is 11.3 Å². The summed E-state index contributed by atoms with van der Waals surface area (Å²) in [5, 5.41) is 7.20. The smallest absolute Gasteiger partial charge is 0.475 e. The molecule has 1 aromatic heterocycles. The second kappa shape index (κ2) is 5.80. The second-order valence-electron chi connectivity index (χ2n) is 2.50. The molecule has 1 N–H and O–H groups in total. The van der Waals surface area contributed by atoms with E-state index in [1.165, 1.54) is 0 Å². The topological polar surface area (TPSA) is 67.3 Å². The van der Waals surface area contributed by atoms with Crippen molar-refractivity contribution in [1.29, 1.82) is 0 Å². The van der Waals surface area contributed by atoms with Crippen LogP contribution in [0.2, 0.25) is 0 Å². The van der Waals surface area contributed by atoms with E-state index in [9.17, 15) is 31.1 Å². The predicted molar refractivity (Wildman–Crippen MR) is 46.2 cm³/mol. The zero-order chi connectivity index (χ0) is 14.6. The molecule has 0 spiro atoms. The van der Waals surface area contributed by atoms with Crippen LogP contribution in [0.5, 0.6) is 0 Å². The van der Waals surface area contributed by atoms with Crippen molar-refractivity contribution in [3.05, 3.63) is 16.1 Å². The first kappa shape index (κ1) is 16.4. The van der Waals surface area contributed by atoms with Gasteiger partial charge >= 0.3 is 18.3 Å². The maximum Gasteiger partial charge on any atom is 0.490 e. The first-order valence-corrected chi connectivity index (χ1v) is 4.64. The van der Waals surface area contributed by atoms with E-state index in [0.29, 0.717) is 11.3 Å². The van der Waals surface area contributed by atoms with E-state index in [-0.39, 0.29) is 12.0 Å². The van der Waals surface area contributed by atoms with Crippen LogP contribution in [0.15, 0.2) is 5.38 Å². The van der Waals surface area contributed by atoms with Gasteiger partial charge in [-0.3, -0.25) is 4.79 Å². The lowest BCUT2D eigenvalue weighted by Crippen LogP contribution is -2.21. The van der Waals surface area contributed by atoms with E-state index < -0.39 is 23.3 Å². The summed E-state index contributed by atoms with van der Waals surface area (Å²) in [6, 6.07) is 0. The quantitative estimate of drug-likeness (QED) is 0.639. The fraction of sp³-hybridized carbons (Fsp3) is 0.286. The Kier molecular flexibility index (Phi) is 5.27. The van der Waals surface area contributed by atoms with Crippen molar-refractivity contribution in [3.8, 4) is 0 Å². The Hall–Kier alpha value is -1.65. The summed E-state index contributed by atoms with van der Waals surface area (Å²) in [5.74, 6) is -2.76. The molecule has 11 heteroatoms. The molecule has 0 atom stereocenters. The Morgan fingerprint density at radius 3 is 1.89 bits per heavy atom. The van der Waals surface area contributed by atoms with Gasteiger partial charge in [-0.15, -0.1) is 11.3 Å². The van der Waals surface area contributed by atoms with Gasteiger partial charge < -0.3 is 5.11 Å². The van der Waals surface area contributed by atoms with Crippen LogP contribution in [0.3, 0.4) is 0 Å². The van der Waals surface area contributed by atoms with E-state index in [1.807, 2.05) is 0 Å². The number of aldehydes is 1. The number of carbonyl (C=O) groups excluding carboxylic acids is 1. The molecule has 0 amide bonds. The Morgan fingerprint density at radius 1 is 1.28 bits per heavy atom. The van der Waals surface area contributed by atoms with Gasteiger partial charge in [0.25, 0.3) is 0 Å². The van der Waals surface area contributed by atoms with Crippen molar-refractivity contribution in [2.45, 2.75) is 12.4 Å². The molecule has 0 saturated carbocycles. The third-order valence-corrected chi connectivity index (χ3v) is 2.03. The summed E-state index contributed by atoms with van der Waals surface area (Å²) < 4.78 is 67.0. The summed E-state index contributed by atoms with van der Waals surface area (Å²) in [6.07, 6.45) is -9.24. The summed E-state index contributed by atoms with van der Waals surface area (Å²) in [5.41, 5.74) is -0.178. The third-order valence-electron chi connectivity index (χ3n) is 1.13. The molecular formula is C7H3F6NO3S. The molecule has 1 heterocycles. The highest BCUT2D eigenvalue weighted by Gasteiger charge is 2.38. The predicted octanol–water partition coefficient (Wildman–Crippen LogP) is 2.61. The molecule has 18 heavy (non-hydrogen) atoms. The van der Waals surface area contributed by atoms with Crippen LogP contribution in [0.25, 0.3) is 0 Å². The van der Waals surface area contributed by atoms with Crippen molar-refractivity contribution in [2.24, 2.45) is 0 Å². The number of carboxylic acid groups (broad SMARTS) is 1. The molecule has 102 valence electrons. The number of nitrogens with zero attached hydrogens (tertiary/aromatic N) is 1. The molecule has 0 fully saturated rings. The number of hydrogen-bond acceptors (Lipinski definition) is 4. The Morgan fingerprint density at radius 2 is 1.72 bits per heavy atom. The highest BCUT2D eigenvalue weighted by Crippen LogP contribution is 2.31. The van der Waals surface area contributed by atoms with Crippen LogP contribution in [0.1, 0.15) is 15.5 Å². The first-order chi connectivity index (χ1) is 7.98. The Balaban J connectivity index is 0.000000360. The average Bonchev–Trinajstić information content (AvgIpc) is 2.64. The van der Waals surface area contributed by atoms with E-state index in [1.54, 1.807) is 0 Å². The van der Waals surface area contributed by atoms with Gasteiger partial charge in [0, 0.05) is 5.38 Å². The molecule has 1 rings (SSSR count). The fourth-order valence-corrected chi connectivity index (χ4v) is 1.10. The number of aromatic nitrogens is 1. The first-order valence-electron chi connectivity index (χ1n) is 3.76. The lowest BCUT2D eigenvalue weighted by Gasteiger charge is -1.98. The number of alkyl halides is 6. The number of aliphatic carboxylic acids is 1. The lowest BCUT2D eigenvalue weighted by atomic mass is 10.5. The van der Waals surface area contributed by atoms with Crippen LogP contribution in [-0.4, -0.2) is 28.5 Å². The minimum Gasteiger partial charge on any atom is -0.475 e. The molecule has 0 saturated heterocycles. The number of carbonyl (C=O) groups is 2. The molecule has 0 aliphatic carbocycles. The normalized spacial score (nSPS) is 11.4. The number of thiazole rings is 1. The zero-order valence-electron chi connectivity index (χ0n) is 8.04. The van der Waals surface area contributed by atoms with Gasteiger partial charge in [0.1, 0.15) is 5.69 Å². The summed E-state index contributed by atoms with van der Waals surface area (Å²) in [7, 11) is 0. The van der Waals surface area contributed by atoms with Gasteiger partial charge in [-0.25, -0.2) is 9.78 Å². The lowest BCUT2D eigenvalue weighted by molar-refractivity contribution is -0.192. The largest absolute Gasteiger partial charge is 0.490 e. The van der Waals surface area contributed by atoms with E-state index >= 15 is 0 Å². The third kappa shape index (κ3) is 5.61. The molecule has 0 bridgehead atoms. The molecule has 1 aromatic rings. The molecule has 0 aliphatic heterocycles. The summed E-state index contributed by atoms with van der Waals surface area (Å²) >= 11 is 0.414. The highest BCUT2D eigenvalue weighted by atomic mass is 32.1.